The van der Waals surface area contributed by atoms with E-state index in [0.717, 1.165) is 31.7 Å². The molecule has 0 aliphatic heterocycles. The molecule has 2 aromatic heterocycles. The molecule has 0 aromatic carbocycles. The molecule has 4 N–H and O–H groups in total. The Labute approximate surface area is 116 Å². The molecule has 0 saturated heterocycles. The van der Waals surface area contributed by atoms with Gasteiger partial charge in [0.15, 0.2) is 11.5 Å². The topological polar surface area (TPSA) is 116 Å². The summed E-state index contributed by atoms with van der Waals surface area (Å²) in [7, 11) is 0. The van der Waals surface area contributed by atoms with E-state index in [1.54, 1.807) is 6.33 Å². The molecule has 8 nitrogen and oxygen atoms in total. The van der Waals surface area contributed by atoms with Gasteiger partial charge in [-0.2, -0.15) is 0 Å². The molecule has 108 valence electrons. The van der Waals surface area contributed by atoms with Crippen molar-refractivity contribution in [3.05, 3.63) is 12.7 Å². The van der Waals surface area contributed by atoms with Crippen LogP contribution in [-0.4, -0.2) is 50.0 Å². The minimum Gasteiger partial charge on any atom is -0.382 e. The van der Waals surface area contributed by atoms with Crippen LogP contribution in [0.2, 0.25) is 0 Å². The normalized spacial score (nSPS) is 11.3. The molecule has 0 saturated carbocycles. The van der Waals surface area contributed by atoms with Crippen LogP contribution in [0.15, 0.2) is 12.7 Å². The lowest BCUT2D eigenvalue weighted by atomic mass is 10.3. The fourth-order valence-corrected chi connectivity index (χ4v) is 2.10. The second-order valence-electron chi connectivity index (χ2n) is 4.56. The van der Waals surface area contributed by atoms with Gasteiger partial charge in [-0.15, -0.1) is 0 Å². The molecule has 0 aliphatic carbocycles. The average molecular weight is 277 g/mol. The summed E-state index contributed by atoms with van der Waals surface area (Å²) >= 11 is 0. The zero-order chi connectivity index (χ0) is 14.5. The molecule has 2 rings (SSSR count). The number of fused-ring (bicyclic) bond motifs is 1. The molecule has 8 heteroatoms. The number of hydrogen-bond acceptors (Lipinski definition) is 6. The number of anilines is 1. The van der Waals surface area contributed by atoms with E-state index in [1.165, 1.54) is 6.33 Å². The second kappa shape index (κ2) is 6.29. The third-order valence-electron chi connectivity index (χ3n) is 3.13. The SMILES string of the molecule is CCN(CCCn1cnc2c(N)ncnc21)CC(N)=O. The Morgan fingerprint density at radius 1 is 1.40 bits per heavy atom. The molecule has 0 spiro atoms. The van der Waals surface area contributed by atoms with Crippen molar-refractivity contribution < 1.29 is 4.79 Å². The number of carbonyl (C=O) groups excluding carboxylic acids is 1. The number of likely N-dealkylation sites (N-methyl/N-ethyl adjacent to an activating group) is 1. The van der Waals surface area contributed by atoms with Crippen molar-refractivity contribution in [1.82, 2.24) is 24.4 Å². The predicted octanol–water partition coefficient (Wildman–Crippen LogP) is -0.394. The summed E-state index contributed by atoms with van der Waals surface area (Å²) in [5.74, 6) is 0.0816. The van der Waals surface area contributed by atoms with Gasteiger partial charge in [0.05, 0.1) is 12.9 Å². The fourth-order valence-electron chi connectivity index (χ4n) is 2.10. The van der Waals surface area contributed by atoms with Gasteiger partial charge in [0.25, 0.3) is 0 Å². The zero-order valence-electron chi connectivity index (χ0n) is 11.5. The molecular weight excluding hydrogens is 258 g/mol. The van der Waals surface area contributed by atoms with E-state index < -0.39 is 0 Å². The monoisotopic (exact) mass is 277 g/mol. The number of rotatable bonds is 7. The summed E-state index contributed by atoms with van der Waals surface area (Å²) in [4.78, 5) is 25.2. The predicted molar refractivity (Wildman–Crippen MR) is 75.7 cm³/mol. The summed E-state index contributed by atoms with van der Waals surface area (Å²) < 4.78 is 1.94. The van der Waals surface area contributed by atoms with Crippen LogP contribution in [0, 0.1) is 0 Å². The molecule has 0 radical (unpaired) electrons. The van der Waals surface area contributed by atoms with E-state index in [2.05, 4.69) is 15.0 Å². The number of nitrogens with zero attached hydrogens (tertiary/aromatic N) is 5. The summed E-state index contributed by atoms with van der Waals surface area (Å²) in [6, 6.07) is 0. The highest BCUT2D eigenvalue weighted by Gasteiger charge is 2.09. The van der Waals surface area contributed by atoms with Crippen molar-refractivity contribution in [1.29, 1.82) is 0 Å². The maximum atomic E-state index is 10.9. The summed E-state index contributed by atoms with van der Waals surface area (Å²) in [5.41, 5.74) is 12.3. The van der Waals surface area contributed by atoms with Crippen LogP contribution in [0.5, 0.6) is 0 Å². The molecule has 2 heterocycles. The maximum Gasteiger partial charge on any atom is 0.231 e. The lowest BCUT2D eigenvalue weighted by Gasteiger charge is -2.18. The van der Waals surface area contributed by atoms with Crippen LogP contribution in [0.3, 0.4) is 0 Å². The second-order valence-corrected chi connectivity index (χ2v) is 4.56. The lowest BCUT2D eigenvalue weighted by Crippen LogP contribution is -2.34. The van der Waals surface area contributed by atoms with Crippen LogP contribution in [-0.2, 0) is 11.3 Å². The number of carbonyl (C=O) groups is 1. The zero-order valence-corrected chi connectivity index (χ0v) is 11.5. The van der Waals surface area contributed by atoms with E-state index in [4.69, 9.17) is 11.5 Å². The molecule has 1 amide bonds. The Morgan fingerprint density at radius 2 is 2.20 bits per heavy atom. The largest absolute Gasteiger partial charge is 0.382 e. The van der Waals surface area contributed by atoms with Crippen LogP contribution in [0.25, 0.3) is 11.2 Å². The molecule has 0 bridgehead atoms. The highest BCUT2D eigenvalue weighted by molar-refractivity contribution is 5.81. The summed E-state index contributed by atoms with van der Waals surface area (Å²) in [5, 5.41) is 0. The Morgan fingerprint density at radius 3 is 2.90 bits per heavy atom. The molecular formula is C12H19N7O. The van der Waals surface area contributed by atoms with Crippen molar-refractivity contribution in [3.8, 4) is 0 Å². The van der Waals surface area contributed by atoms with Gasteiger partial charge in [-0.05, 0) is 13.0 Å². The molecule has 0 fully saturated rings. The van der Waals surface area contributed by atoms with Crippen LogP contribution in [0.4, 0.5) is 5.82 Å². The Balaban J connectivity index is 1.96. The first-order valence-electron chi connectivity index (χ1n) is 6.53. The molecule has 20 heavy (non-hydrogen) atoms. The highest BCUT2D eigenvalue weighted by atomic mass is 16.1. The average Bonchev–Trinajstić information content (AvgIpc) is 2.82. The smallest absolute Gasteiger partial charge is 0.231 e. The van der Waals surface area contributed by atoms with Gasteiger partial charge in [0.2, 0.25) is 5.91 Å². The fraction of sp³-hybridized carbons (Fsp3) is 0.500. The Bertz CT molecular complexity index is 595. The molecule has 2 aromatic rings. The van der Waals surface area contributed by atoms with E-state index in [1.807, 2.05) is 16.4 Å². The van der Waals surface area contributed by atoms with Gasteiger partial charge in [0, 0.05) is 13.1 Å². The summed E-state index contributed by atoms with van der Waals surface area (Å²) in [6.07, 6.45) is 4.01. The quantitative estimate of drug-likeness (QED) is 0.711. The molecule has 0 atom stereocenters. The minimum atomic E-state index is -0.305. The summed E-state index contributed by atoms with van der Waals surface area (Å²) in [6.45, 7) is 4.63. The Hall–Kier alpha value is -2.22. The van der Waals surface area contributed by atoms with Crippen molar-refractivity contribution >= 4 is 22.9 Å². The van der Waals surface area contributed by atoms with Gasteiger partial charge in [0.1, 0.15) is 11.8 Å². The van der Waals surface area contributed by atoms with E-state index in [-0.39, 0.29) is 12.5 Å². The van der Waals surface area contributed by atoms with Crippen LogP contribution >= 0.6 is 0 Å². The number of aromatic nitrogens is 4. The number of hydrogen-bond donors (Lipinski definition) is 2. The third kappa shape index (κ3) is 3.21. The van der Waals surface area contributed by atoms with E-state index >= 15 is 0 Å². The number of aryl methyl sites for hydroxylation is 1. The number of primary amides is 1. The first-order valence-corrected chi connectivity index (χ1v) is 6.53. The lowest BCUT2D eigenvalue weighted by molar-refractivity contribution is -0.119. The number of amides is 1. The number of nitrogen functional groups attached to an aromatic ring is 1. The number of imidazole rings is 1. The van der Waals surface area contributed by atoms with Crippen LogP contribution < -0.4 is 11.5 Å². The van der Waals surface area contributed by atoms with Gasteiger partial charge >= 0.3 is 0 Å². The number of nitrogens with two attached hydrogens (primary N) is 2. The van der Waals surface area contributed by atoms with E-state index in [0.29, 0.717) is 11.3 Å². The first kappa shape index (κ1) is 14.2. The third-order valence-corrected chi connectivity index (χ3v) is 3.13. The van der Waals surface area contributed by atoms with Crippen LogP contribution in [0.1, 0.15) is 13.3 Å². The van der Waals surface area contributed by atoms with Gasteiger partial charge in [-0.25, -0.2) is 15.0 Å². The standard InChI is InChI=1S/C12H19N7O/c1-2-18(6-9(13)20)4-3-5-19-8-17-10-11(14)15-7-16-12(10)19/h7-8H,2-6H2,1H3,(H2,13,20)(H2,14,15,16). The van der Waals surface area contributed by atoms with Gasteiger partial charge in [-0.1, -0.05) is 6.92 Å². The highest BCUT2D eigenvalue weighted by Crippen LogP contribution is 2.14. The molecule has 0 aliphatic rings. The van der Waals surface area contributed by atoms with E-state index in [9.17, 15) is 4.79 Å². The van der Waals surface area contributed by atoms with Crippen molar-refractivity contribution in [2.24, 2.45) is 5.73 Å². The minimum absolute atomic E-state index is 0.288. The van der Waals surface area contributed by atoms with Crippen molar-refractivity contribution in [2.45, 2.75) is 19.9 Å². The molecule has 0 unspecified atom stereocenters. The first-order chi connectivity index (χ1) is 9.61. The maximum absolute atomic E-state index is 10.9. The van der Waals surface area contributed by atoms with Crippen molar-refractivity contribution in [2.75, 3.05) is 25.4 Å². The van der Waals surface area contributed by atoms with Gasteiger partial charge in [-0.3, -0.25) is 9.69 Å². The van der Waals surface area contributed by atoms with Crippen molar-refractivity contribution in [3.63, 3.8) is 0 Å². The Kier molecular flexibility index (Phi) is 4.46. The van der Waals surface area contributed by atoms with Gasteiger partial charge < -0.3 is 16.0 Å².